The zero-order chi connectivity index (χ0) is 54.1. The molecule has 0 amide bonds. The van der Waals surface area contributed by atoms with Gasteiger partial charge in [-0.15, -0.1) is 0 Å². The van der Waals surface area contributed by atoms with Crippen LogP contribution in [-0.4, -0.2) is 82.3 Å². The van der Waals surface area contributed by atoms with Crippen LogP contribution in [0.15, 0.2) is 60.8 Å². The van der Waals surface area contributed by atoms with Crippen LogP contribution in [0.3, 0.4) is 0 Å². The third-order valence-corrected chi connectivity index (χ3v) is 13.5. The predicted octanol–water partition coefficient (Wildman–Crippen LogP) is 17.1. The minimum atomic E-state index is -1.62. The van der Waals surface area contributed by atoms with E-state index >= 15 is 0 Å². The number of quaternary nitrogens is 1. The van der Waals surface area contributed by atoms with Crippen LogP contribution in [0.1, 0.15) is 277 Å². The SMILES string of the molecule is CC/C=C\C/C=C\C/C=C\C/C=C\CCCCCCCCCCCCCCCCCCCCCCC(=O)OC(COC(=O)CCCCCCC/C=C\CCCCCCCCC)COC(OCC[N+](C)(C)C)C(=O)[O-]. The van der Waals surface area contributed by atoms with Crippen molar-refractivity contribution in [2.24, 2.45) is 0 Å². The molecular weight excluding hydrogens is 923 g/mol. The van der Waals surface area contributed by atoms with Crippen molar-refractivity contribution in [2.45, 2.75) is 289 Å². The molecule has 0 radical (unpaired) electrons. The van der Waals surface area contributed by atoms with Crippen LogP contribution in [0.25, 0.3) is 0 Å². The Morgan fingerprint density at radius 2 is 0.770 bits per heavy atom. The van der Waals surface area contributed by atoms with E-state index in [1.807, 2.05) is 21.1 Å². The summed E-state index contributed by atoms with van der Waals surface area (Å²) in [6.07, 6.45) is 68.6. The number of rotatable bonds is 57. The third kappa shape index (κ3) is 56.7. The summed E-state index contributed by atoms with van der Waals surface area (Å²) in [7, 11) is 5.93. The number of allylic oxidation sites excluding steroid dienone is 10. The van der Waals surface area contributed by atoms with Gasteiger partial charge >= 0.3 is 11.9 Å². The predicted molar refractivity (Wildman–Crippen MR) is 311 cm³/mol. The van der Waals surface area contributed by atoms with Crippen LogP contribution >= 0.6 is 0 Å². The van der Waals surface area contributed by atoms with Crippen molar-refractivity contribution in [1.29, 1.82) is 0 Å². The molecule has 9 heteroatoms. The molecule has 0 saturated heterocycles. The van der Waals surface area contributed by atoms with Crippen LogP contribution < -0.4 is 5.11 Å². The van der Waals surface area contributed by atoms with E-state index in [0.29, 0.717) is 17.4 Å². The van der Waals surface area contributed by atoms with Crippen molar-refractivity contribution in [3.63, 3.8) is 0 Å². The molecule has 2 unspecified atom stereocenters. The fraction of sp³-hybridized carbons (Fsp3) is 0.800. The topological polar surface area (TPSA) is 111 Å². The molecule has 9 nitrogen and oxygen atoms in total. The summed E-state index contributed by atoms with van der Waals surface area (Å²) in [6, 6.07) is 0. The van der Waals surface area contributed by atoms with Gasteiger partial charge in [-0.3, -0.25) is 9.59 Å². The summed E-state index contributed by atoms with van der Waals surface area (Å²) in [6.45, 7) is 4.65. The maximum Gasteiger partial charge on any atom is 0.306 e. The van der Waals surface area contributed by atoms with Gasteiger partial charge in [0.15, 0.2) is 12.4 Å². The zero-order valence-electron chi connectivity index (χ0n) is 49.0. The van der Waals surface area contributed by atoms with E-state index in [2.05, 4.69) is 74.6 Å². The highest BCUT2D eigenvalue weighted by molar-refractivity contribution is 5.70. The third-order valence-electron chi connectivity index (χ3n) is 13.5. The lowest BCUT2D eigenvalue weighted by Gasteiger charge is -2.26. The highest BCUT2D eigenvalue weighted by atomic mass is 16.7. The maximum absolute atomic E-state index is 12.9. The van der Waals surface area contributed by atoms with Gasteiger partial charge in [-0.2, -0.15) is 0 Å². The lowest BCUT2D eigenvalue weighted by atomic mass is 10.0. The average Bonchev–Trinajstić information content (AvgIpc) is 3.37. The lowest BCUT2D eigenvalue weighted by molar-refractivity contribution is -0.870. The van der Waals surface area contributed by atoms with Gasteiger partial charge < -0.3 is 33.3 Å². The molecular formula is C65H117NO8. The van der Waals surface area contributed by atoms with Gasteiger partial charge in [0.1, 0.15) is 13.2 Å². The standard InChI is InChI=1S/C65H117NO8/c1-6-8-10-12-14-16-18-20-22-24-25-26-27-28-29-30-31-32-33-34-35-36-37-38-39-40-42-44-46-48-50-52-54-56-63(68)74-61(60-73-65(64(69)70)71-58-57-66(3,4)5)59-72-62(67)55-53-51-49-47-45-43-41-23-21-19-17-15-13-11-9-7-2/h8,10,14,16,20,22-23,25-26,41,61,65H,6-7,9,11-13,15,17-19,21,24,27-40,42-60H2,1-5H3/b10-8-,16-14-,22-20-,26-25-,41-23-. The molecule has 0 N–H and O–H groups in total. The second-order valence-electron chi connectivity index (χ2n) is 22.0. The van der Waals surface area contributed by atoms with Crippen molar-refractivity contribution in [3.8, 4) is 0 Å². The van der Waals surface area contributed by atoms with Gasteiger partial charge in [0, 0.05) is 12.8 Å². The first kappa shape index (κ1) is 71.0. The van der Waals surface area contributed by atoms with Gasteiger partial charge in [0.25, 0.3) is 0 Å². The molecule has 0 bridgehead atoms. The Labute approximate surface area is 456 Å². The van der Waals surface area contributed by atoms with Crippen molar-refractivity contribution in [2.75, 3.05) is 47.5 Å². The molecule has 430 valence electrons. The van der Waals surface area contributed by atoms with Gasteiger partial charge in [0.2, 0.25) is 0 Å². The summed E-state index contributed by atoms with van der Waals surface area (Å²) in [5, 5.41) is 11.8. The number of esters is 2. The van der Waals surface area contributed by atoms with Gasteiger partial charge in [-0.25, -0.2) is 0 Å². The highest BCUT2D eigenvalue weighted by Crippen LogP contribution is 2.17. The number of carbonyl (C=O) groups excluding carboxylic acids is 3. The zero-order valence-corrected chi connectivity index (χ0v) is 49.0. The second-order valence-corrected chi connectivity index (χ2v) is 22.0. The van der Waals surface area contributed by atoms with E-state index in [1.54, 1.807) is 0 Å². The Balaban J connectivity index is 4.09. The Morgan fingerprint density at radius 3 is 1.16 bits per heavy atom. The quantitative estimate of drug-likeness (QED) is 0.0195. The molecule has 74 heavy (non-hydrogen) atoms. The molecule has 0 fully saturated rings. The van der Waals surface area contributed by atoms with E-state index in [-0.39, 0.29) is 38.6 Å². The fourth-order valence-electron chi connectivity index (χ4n) is 8.76. The summed E-state index contributed by atoms with van der Waals surface area (Å²) in [4.78, 5) is 37.3. The molecule has 0 aromatic carbocycles. The van der Waals surface area contributed by atoms with Crippen LogP contribution in [-0.2, 0) is 33.3 Å². The number of carbonyl (C=O) groups is 3. The van der Waals surface area contributed by atoms with Crippen LogP contribution in [0, 0.1) is 0 Å². The Hall–Kier alpha value is -3.01. The van der Waals surface area contributed by atoms with Gasteiger partial charge in [-0.1, -0.05) is 248 Å². The van der Waals surface area contributed by atoms with Crippen molar-refractivity contribution in [3.05, 3.63) is 60.8 Å². The fourth-order valence-corrected chi connectivity index (χ4v) is 8.76. The summed E-state index contributed by atoms with van der Waals surface area (Å²) < 4.78 is 22.7. The maximum atomic E-state index is 12.9. The molecule has 0 aromatic rings. The number of likely N-dealkylation sites (N-methyl/N-ethyl adjacent to an activating group) is 1. The molecule has 0 heterocycles. The summed E-state index contributed by atoms with van der Waals surface area (Å²) in [5.41, 5.74) is 0. The molecule has 0 saturated carbocycles. The Bertz CT molecular complexity index is 1400. The number of hydrogen-bond donors (Lipinski definition) is 0. The van der Waals surface area contributed by atoms with Crippen molar-refractivity contribution < 1.29 is 42.9 Å². The first-order chi connectivity index (χ1) is 36.1. The number of hydrogen-bond acceptors (Lipinski definition) is 8. The number of aliphatic carboxylic acids is 1. The number of nitrogens with zero attached hydrogens (tertiary/aromatic N) is 1. The minimum Gasteiger partial charge on any atom is -0.545 e. The van der Waals surface area contributed by atoms with E-state index < -0.39 is 24.3 Å². The van der Waals surface area contributed by atoms with Gasteiger partial charge in [0.05, 0.1) is 40.3 Å². The smallest absolute Gasteiger partial charge is 0.306 e. The molecule has 0 aliphatic heterocycles. The minimum absolute atomic E-state index is 0.147. The largest absolute Gasteiger partial charge is 0.545 e. The van der Waals surface area contributed by atoms with Crippen LogP contribution in [0.5, 0.6) is 0 Å². The summed E-state index contributed by atoms with van der Waals surface area (Å²) >= 11 is 0. The van der Waals surface area contributed by atoms with Crippen LogP contribution in [0.4, 0.5) is 0 Å². The number of ether oxygens (including phenoxy) is 4. The molecule has 2 atom stereocenters. The Morgan fingerprint density at radius 1 is 0.419 bits per heavy atom. The number of unbranched alkanes of at least 4 members (excludes halogenated alkanes) is 32. The van der Waals surface area contributed by atoms with E-state index in [1.165, 1.54) is 167 Å². The monoisotopic (exact) mass is 1040 g/mol. The van der Waals surface area contributed by atoms with E-state index in [4.69, 9.17) is 18.9 Å². The first-order valence-electron chi connectivity index (χ1n) is 30.9. The molecule has 0 spiro atoms. The summed E-state index contributed by atoms with van der Waals surface area (Å²) in [5.74, 6) is -2.28. The molecule has 0 rings (SSSR count). The van der Waals surface area contributed by atoms with Crippen molar-refractivity contribution >= 4 is 17.9 Å². The molecule has 0 aliphatic carbocycles. The molecule has 0 aliphatic rings. The van der Waals surface area contributed by atoms with Crippen LogP contribution in [0.2, 0.25) is 0 Å². The number of carboxylic acids is 1. The van der Waals surface area contributed by atoms with Gasteiger partial charge in [-0.05, 0) is 77.0 Å². The highest BCUT2D eigenvalue weighted by Gasteiger charge is 2.22. The molecule has 0 aromatic heterocycles. The first-order valence-corrected chi connectivity index (χ1v) is 30.9. The number of carboxylic acid groups (broad SMARTS) is 1. The van der Waals surface area contributed by atoms with E-state index in [0.717, 1.165) is 77.0 Å². The van der Waals surface area contributed by atoms with Crippen molar-refractivity contribution in [1.82, 2.24) is 0 Å². The van der Waals surface area contributed by atoms with E-state index in [9.17, 15) is 19.5 Å². The Kier molecular flexibility index (Phi) is 53.9. The second kappa shape index (κ2) is 56.2. The average molecular weight is 1040 g/mol. The normalized spacial score (nSPS) is 13.1. The lowest BCUT2D eigenvalue weighted by Crippen LogP contribution is -2.44.